The molecule has 1 unspecified atom stereocenters. The molecule has 0 radical (unpaired) electrons. The summed E-state index contributed by atoms with van der Waals surface area (Å²) < 4.78 is 0. The zero-order valence-corrected chi connectivity index (χ0v) is 12.6. The summed E-state index contributed by atoms with van der Waals surface area (Å²) in [7, 11) is 0. The molecule has 1 aromatic rings. The Morgan fingerprint density at radius 2 is 1.88 bits per heavy atom. The van der Waals surface area contributed by atoms with Gasteiger partial charge in [-0.3, -0.25) is 0 Å². The lowest BCUT2D eigenvalue weighted by Crippen LogP contribution is -2.44. The maximum Gasteiger partial charge on any atom is 0.0302 e. The van der Waals surface area contributed by atoms with Crippen LogP contribution in [0.2, 0.25) is 0 Å². The van der Waals surface area contributed by atoms with Gasteiger partial charge in [0.25, 0.3) is 0 Å². The van der Waals surface area contributed by atoms with Crippen molar-refractivity contribution in [1.29, 1.82) is 0 Å². The van der Waals surface area contributed by atoms with Crippen LogP contribution < -0.4 is 10.6 Å². The van der Waals surface area contributed by atoms with Crippen molar-refractivity contribution < 1.29 is 0 Å². The molecule has 1 heterocycles. The normalized spacial score (nSPS) is 13.9. The molecule has 0 aromatic carbocycles. The van der Waals surface area contributed by atoms with Gasteiger partial charge < -0.3 is 10.6 Å². The van der Waals surface area contributed by atoms with E-state index in [4.69, 9.17) is 0 Å². The summed E-state index contributed by atoms with van der Waals surface area (Å²) in [6.45, 7) is 13.0. The van der Waals surface area contributed by atoms with E-state index in [0.29, 0.717) is 6.04 Å². The summed E-state index contributed by atoms with van der Waals surface area (Å²) in [5.41, 5.74) is 0.203. The molecule has 1 rings (SSSR count). The minimum Gasteiger partial charge on any atom is -0.311 e. The molecule has 98 valence electrons. The third kappa shape index (κ3) is 6.20. The summed E-state index contributed by atoms with van der Waals surface area (Å²) in [6.07, 6.45) is 1.14. The van der Waals surface area contributed by atoms with E-state index in [-0.39, 0.29) is 5.54 Å². The highest BCUT2D eigenvalue weighted by Crippen LogP contribution is 2.16. The smallest absolute Gasteiger partial charge is 0.0302 e. The molecule has 0 amide bonds. The Morgan fingerprint density at radius 3 is 2.41 bits per heavy atom. The average Bonchev–Trinajstić information content (AvgIpc) is 2.70. The zero-order valence-electron chi connectivity index (χ0n) is 11.8. The molecule has 1 atom stereocenters. The largest absolute Gasteiger partial charge is 0.311 e. The lowest BCUT2D eigenvalue weighted by Gasteiger charge is -2.23. The summed E-state index contributed by atoms with van der Waals surface area (Å²) >= 11 is 1.92. The summed E-state index contributed by atoms with van der Waals surface area (Å²) in [6, 6.07) is 4.97. The van der Waals surface area contributed by atoms with Gasteiger partial charge in [0.05, 0.1) is 0 Å². The highest BCUT2D eigenvalue weighted by Gasteiger charge is 2.10. The highest BCUT2D eigenvalue weighted by atomic mass is 32.1. The fourth-order valence-corrected chi connectivity index (χ4v) is 2.42. The predicted molar refractivity (Wildman–Crippen MR) is 77.8 cm³/mol. The lowest BCUT2D eigenvalue weighted by atomic mass is 10.1. The molecule has 0 aliphatic heterocycles. The first kappa shape index (κ1) is 14.7. The summed E-state index contributed by atoms with van der Waals surface area (Å²) in [4.78, 5) is 2.91. The Kier molecular flexibility index (Phi) is 5.63. The van der Waals surface area contributed by atoms with Crippen molar-refractivity contribution in [1.82, 2.24) is 10.6 Å². The van der Waals surface area contributed by atoms with E-state index in [0.717, 1.165) is 19.5 Å². The third-order valence-electron chi connectivity index (χ3n) is 2.63. The first-order valence-corrected chi connectivity index (χ1v) is 7.28. The molecule has 0 spiro atoms. The van der Waals surface area contributed by atoms with Crippen LogP contribution in [0.1, 0.15) is 44.4 Å². The van der Waals surface area contributed by atoms with Gasteiger partial charge >= 0.3 is 0 Å². The van der Waals surface area contributed by atoms with Gasteiger partial charge in [-0.05, 0) is 46.2 Å². The van der Waals surface area contributed by atoms with E-state index in [1.807, 2.05) is 11.3 Å². The van der Waals surface area contributed by atoms with Crippen molar-refractivity contribution in [3.63, 3.8) is 0 Å². The van der Waals surface area contributed by atoms with Gasteiger partial charge in [-0.25, -0.2) is 0 Å². The molecule has 0 bridgehead atoms. The second kappa shape index (κ2) is 6.53. The van der Waals surface area contributed by atoms with Crippen LogP contribution in [0.3, 0.4) is 0 Å². The third-order valence-corrected chi connectivity index (χ3v) is 3.86. The minimum absolute atomic E-state index is 0.203. The quantitative estimate of drug-likeness (QED) is 0.815. The van der Waals surface area contributed by atoms with Crippen molar-refractivity contribution >= 4 is 11.3 Å². The van der Waals surface area contributed by atoms with E-state index >= 15 is 0 Å². The standard InChI is InChI=1S/C14H26N2S/c1-6-12-7-8-13(17-12)10-15-11(2)9-16-14(3,4)5/h7-8,11,15-16H,6,9-10H2,1-5H3. The van der Waals surface area contributed by atoms with E-state index in [1.165, 1.54) is 9.75 Å². The molecular weight excluding hydrogens is 228 g/mol. The van der Waals surface area contributed by atoms with Gasteiger partial charge in [-0.1, -0.05) is 6.92 Å². The predicted octanol–water partition coefficient (Wildman–Crippen LogP) is 3.18. The monoisotopic (exact) mass is 254 g/mol. The number of aryl methyl sites for hydroxylation is 1. The average molecular weight is 254 g/mol. The zero-order chi connectivity index (χ0) is 12.9. The Balaban J connectivity index is 2.25. The molecule has 2 nitrogen and oxygen atoms in total. The van der Waals surface area contributed by atoms with Gasteiger partial charge in [-0.2, -0.15) is 0 Å². The van der Waals surface area contributed by atoms with Crippen LogP contribution in [0.25, 0.3) is 0 Å². The van der Waals surface area contributed by atoms with Gasteiger partial charge in [0.15, 0.2) is 0 Å². The van der Waals surface area contributed by atoms with E-state index in [1.54, 1.807) is 0 Å². The first-order chi connectivity index (χ1) is 7.90. The molecule has 17 heavy (non-hydrogen) atoms. The topological polar surface area (TPSA) is 24.1 Å². The van der Waals surface area contributed by atoms with Gasteiger partial charge in [0.1, 0.15) is 0 Å². The van der Waals surface area contributed by atoms with Crippen LogP contribution in [0.5, 0.6) is 0 Å². The number of hydrogen-bond acceptors (Lipinski definition) is 3. The van der Waals surface area contributed by atoms with Crippen molar-refractivity contribution in [2.75, 3.05) is 6.54 Å². The molecule has 0 fully saturated rings. The second-order valence-corrected chi connectivity index (χ2v) is 6.89. The van der Waals surface area contributed by atoms with Gasteiger partial charge in [-0.15, -0.1) is 11.3 Å². The summed E-state index contributed by atoms with van der Waals surface area (Å²) in [5, 5.41) is 7.07. The number of thiophene rings is 1. The molecule has 2 N–H and O–H groups in total. The van der Waals surface area contributed by atoms with Crippen LogP contribution in [0.15, 0.2) is 12.1 Å². The minimum atomic E-state index is 0.203. The fourth-order valence-electron chi connectivity index (χ4n) is 1.51. The molecule has 0 aliphatic rings. The van der Waals surface area contributed by atoms with Crippen LogP contribution in [-0.4, -0.2) is 18.1 Å². The van der Waals surface area contributed by atoms with Crippen molar-refractivity contribution in [2.24, 2.45) is 0 Å². The van der Waals surface area contributed by atoms with Crippen LogP contribution in [-0.2, 0) is 13.0 Å². The van der Waals surface area contributed by atoms with Crippen molar-refractivity contribution in [3.8, 4) is 0 Å². The molecule has 3 heteroatoms. The maximum absolute atomic E-state index is 3.56. The Hall–Kier alpha value is -0.380. The molecule has 0 aliphatic carbocycles. The summed E-state index contributed by atoms with van der Waals surface area (Å²) in [5.74, 6) is 0. The van der Waals surface area contributed by atoms with Crippen LogP contribution in [0.4, 0.5) is 0 Å². The Morgan fingerprint density at radius 1 is 1.24 bits per heavy atom. The second-order valence-electron chi connectivity index (χ2n) is 5.63. The fraction of sp³-hybridized carbons (Fsp3) is 0.714. The van der Waals surface area contributed by atoms with Crippen LogP contribution in [0, 0.1) is 0 Å². The highest BCUT2D eigenvalue weighted by molar-refractivity contribution is 7.11. The Labute approximate surface area is 110 Å². The molecule has 0 saturated carbocycles. The number of hydrogen-bond donors (Lipinski definition) is 2. The van der Waals surface area contributed by atoms with Crippen molar-refractivity contribution in [2.45, 2.75) is 59.2 Å². The SMILES string of the molecule is CCc1ccc(CNC(C)CNC(C)(C)C)s1. The number of rotatable bonds is 6. The Bertz CT molecular complexity index is 325. The first-order valence-electron chi connectivity index (χ1n) is 6.46. The van der Waals surface area contributed by atoms with Crippen molar-refractivity contribution in [3.05, 3.63) is 21.9 Å². The van der Waals surface area contributed by atoms with E-state index in [2.05, 4.69) is 57.4 Å². The van der Waals surface area contributed by atoms with Gasteiger partial charge in [0.2, 0.25) is 0 Å². The van der Waals surface area contributed by atoms with E-state index < -0.39 is 0 Å². The van der Waals surface area contributed by atoms with Crippen LogP contribution >= 0.6 is 11.3 Å². The molecule has 1 aromatic heterocycles. The van der Waals surface area contributed by atoms with Gasteiger partial charge in [0, 0.05) is 34.4 Å². The maximum atomic E-state index is 3.56. The van der Waals surface area contributed by atoms with E-state index in [9.17, 15) is 0 Å². The molecular formula is C14H26N2S. The lowest BCUT2D eigenvalue weighted by molar-refractivity contribution is 0.388. The molecule has 0 saturated heterocycles. The number of nitrogens with one attached hydrogen (secondary N) is 2.